The maximum absolute atomic E-state index is 12.3. The maximum atomic E-state index is 12.3. The predicted molar refractivity (Wildman–Crippen MR) is 108 cm³/mol. The summed E-state index contributed by atoms with van der Waals surface area (Å²) in [5.74, 6) is -1.01. The van der Waals surface area contributed by atoms with Crippen molar-refractivity contribution in [3.8, 4) is 0 Å². The molecular weight excluding hydrogens is 370 g/mol. The molecule has 0 aliphatic carbocycles. The molecule has 1 heterocycles. The van der Waals surface area contributed by atoms with Crippen LogP contribution in [0.4, 0.5) is 0 Å². The number of hydrogen-bond donors (Lipinski definition) is 2. The molecule has 0 saturated carbocycles. The summed E-state index contributed by atoms with van der Waals surface area (Å²) in [4.78, 5) is 49.6. The molecule has 7 heteroatoms. The van der Waals surface area contributed by atoms with E-state index in [1.807, 2.05) is 19.1 Å². The molecule has 1 aliphatic rings. The minimum atomic E-state index is -0.315. The van der Waals surface area contributed by atoms with Crippen molar-refractivity contribution in [1.82, 2.24) is 15.5 Å². The van der Waals surface area contributed by atoms with Crippen LogP contribution in [0.15, 0.2) is 48.5 Å². The highest BCUT2D eigenvalue weighted by atomic mass is 16.2. The van der Waals surface area contributed by atoms with Crippen molar-refractivity contribution in [3.05, 3.63) is 70.8 Å². The van der Waals surface area contributed by atoms with E-state index in [2.05, 4.69) is 10.6 Å². The number of fused-ring (bicyclic) bond motifs is 1. The van der Waals surface area contributed by atoms with Crippen molar-refractivity contribution in [2.24, 2.45) is 0 Å². The molecule has 3 rings (SSSR count). The quantitative estimate of drug-likeness (QED) is 0.529. The topological polar surface area (TPSA) is 95.6 Å². The average molecular weight is 393 g/mol. The number of carbonyl (C=O) groups excluding carboxylic acids is 4. The first-order chi connectivity index (χ1) is 14.0. The number of nitrogens with zero attached hydrogens (tertiary/aromatic N) is 1. The number of rotatable bonds is 8. The standard InChI is InChI=1S/C22H23N3O4/c1-15-8-10-16(11-9-15)20(27)24-13-12-23-19(26)7-4-14-25-21(28)17-5-2-3-6-18(17)22(25)29/h2-3,5-6,8-11H,4,7,12-14H2,1H3,(H,23,26)(H,24,27). The highest BCUT2D eigenvalue weighted by Crippen LogP contribution is 2.22. The van der Waals surface area contributed by atoms with Crippen molar-refractivity contribution in [2.75, 3.05) is 19.6 Å². The summed E-state index contributed by atoms with van der Waals surface area (Å²) in [5.41, 5.74) is 2.47. The zero-order valence-electron chi connectivity index (χ0n) is 16.2. The SMILES string of the molecule is Cc1ccc(C(=O)NCCNC(=O)CCCN2C(=O)c3ccccc3C2=O)cc1. The van der Waals surface area contributed by atoms with Crippen molar-refractivity contribution in [1.29, 1.82) is 0 Å². The van der Waals surface area contributed by atoms with E-state index in [4.69, 9.17) is 0 Å². The second-order valence-corrected chi connectivity index (χ2v) is 6.88. The summed E-state index contributed by atoms with van der Waals surface area (Å²) < 4.78 is 0. The van der Waals surface area contributed by atoms with Gasteiger partial charge in [0.2, 0.25) is 5.91 Å². The number of aryl methyl sites for hydroxylation is 1. The van der Waals surface area contributed by atoms with Gasteiger partial charge in [-0.1, -0.05) is 29.8 Å². The zero-order valence-corrected chi connectivity index (χ0v) is 16.2. The van der Waals surface area contributed by atoms with Gasteiger partial charge >= 0.3 is 0 Å². The Balaban J connectivity index is 1.34. The van der Waals surface area contributed by atoms with Crippen LogP contribution in [0.2, 0.25) is 0 Å². The fourth-order valence-corrected chi connectivity index (χ4v) is 3.11. The lowest BCUT2D eigenvalue weighted by molar-refractivity contribution is -0.121. The van der Waals surface area contributed by atoms with Gasteiger partial charge in [-0.3, -0.25) is 24.1 Å². The van der Waals surface area contributed by atoms with Crippen molar-refractivity contribution in [2.45, 2.75) is 19.8 Å². The highest BCUT2D eigenvalue weighted by Gasteiger charge is 2.34. The Hall–Kier alpha value is -3.48. The van der Waals surface area contributed by atoms with Gasteiger partial charge in [0.1, 0.15) is 0 Å². The molecule has 0 unspecified atom stereocenters. The fourth-order valence-electron chi connectivity index (χ4n) is 3.11. The molecular formula is C22H23N3O4. The molecule has 0 radical (unpaired) electrons. The number of imide groups is 1. The van der Waals surface area contributed by atoms with E-state index >= 15 is 0 Å². The van der Waals surface area contributed by atoms with E-state index in [0.717, 1.165) is 5.56 Å². The number of hydrogen-bond acceptors (Lipinski definition) is 4. The van der Waals surface area contributed by atoms with Gasteiger partial charge in [-0.25, -0.2) is 0 Å². The van der Waals surface area contributed by atoms with Crippen LogP contribution < -0.4 is 10.6 Å². The normalized spacial score (nSPS) is 12.7. The van der Waals surface area contributed by atoms with Crippen LogP contribution in [0.3, 0.4) is 0 Å². The minimum absolute atomic E-state index is 0.189. The molecule has 1 aliphatic heterocycles. The Bertz CT molecular complexity index is 902. The van der Waals surface area contributed by atoms with Crippen LogP contribution in [-0.4, -0.2) is 48.2 Å². The summed E-state index contributed by atoms with van der Waals surface area (Å²) in [6.45, 7) is 2.77. The third-order valence-electron chi connectivity index (χ3n) is 4.71. The summed E-state index contributed by atoms with van der Waals surface area (Å²) in [5, 5.41) is 5.47. The number of amides is 4. The molecule has 2 N–H and O–H groups in total. The van der Waals surface area contributed by atoms with E-state index in [0.29, 0.717) is 36.2 Å². The van der Waals surface area contributed by atoms with Crippen molar-refractivity contribution in [3.63, 3.8) is 0 Å². The van der Waals surface area contributed by atoms with E-state index in [9.17, 15) is 19.2 Å². The summed E-state index contributed by atoms with van der Waals surface area (Å²) in [7, 11) is 0. The second kappa shape index (κ2) is 9.14. The smallest absolute Gasteiger partial charge is 0.261 e. The van der Waals surface area contributed by atoms with E-state index in [1.54, 1.807) is 36.4 Å². The molecule has 4 amide bonds. The maximum Gasteiger partial charge on any atom is 0.261 e. The van der Waals surface area contributed by atoms with Gasteiger partial charge in [0.25, 0.3) is 17.7 Å². The van der Waals surface area contributed by atoms with Gasteiger partial charge in [-0.15, -0.1) is 0 Å². The summed E-state index contributed by atoms with van der Waals surface area (Å²) in [6.07, 6.45) is 0.576. The Morgan fingerprint density at radius 3 is 2.07 bits per heavy atom. The molecule has 0 bridgehead atoms. The fraction of sp³-hybridized carbons (Fsp3) is 0.273. The average Bonchev–Trinajstić information content (AvgIpc) is 2.96. The molecule has 2 aromatic carbocycles. The van der Waals surface area contributed by atoms with E-state index in [-0.39, 0.29) is 36.6 Å². The first-order valence-corrected chi connectivity index (χ1v) is 9.54. The first-order valence-electron chi connectivity index (χ1n) is 9.54. The largest absolute Gasteiger partial charge is 0.354 e. The Labute approximate surface area is 169 Å². The van der Waals surface area contributed by atoms with Gasteiger partial charge < -0.3 is 10.6 Å². The molecule has 2 aromatic rings. The highest BCUT2D eigenvalue weighted by molar-refractivity contribution is 6.21. The van der Waals surface area contributed by atoms with Crippen LogP contribution in [-0.2, 0) is 4.79 Å². The molecule has 0 saturated heterocycles. The molecule has 0 aromatic heterocycles. The lowest BCUT2D eigenvalue weighted by Crippen LogP contribution is -2.35. The van der Waals surface area contributed by atoms with Gasteiger partial charge in [-0.05, 0) is 37.6 Å². The van der Waals surface area contributed by atoms with Crippen molar-refractivity contribution < 1.29 is 19.2 Å². The lowest BCUT2D eigenvalue weighted by Gasteiger charge is -2.13. The van der Waals surface area contributed by atoms with E-state index < -0.39 is 0 Å². The van der Waals surface area contributed by atoms with Crippen LogP contribution in [0.5, 0.6) is 0 Å². The first kappa shape index (κ1) is 20.3. The Morgan fingerprint density at radius 1 is 0.862 bits per heavy atom. The van der Waals surface area contributed by atoms with E-state index in [1.165, 1.54) is 4.90 Å². The van der Waals surface area contributed by atoms with Crippen LogP contribution >= 0.6 is 0 Å². The van der Waals surface area contributed by atoms with Crippen LogP contribution in [0.25, 0.3) is 0 Å². The zero-order chi connectivity index (χ0) is 20.8. The Kier molecular flexibility index (Phi) is 6.39. The molecule has 0 spiro atoms. The molecule has 0 fully saturated rings. The molecule has 29 heavy (non-hydrogen) atoms. The number of nitrogens with one attached hydrogen (secondary N) is 2. The predicted octanol–water partition coefficient (Wildman–Crippen LogP) is 1.92. The van der Waals surface area contributed by atoms with Crippen LogP contribution in [0, 0.1) is 6.92 Å². The molecule has 7 nitrogen and oxygen atoms in total. The monoisotopic (exact) mass is 393 g/mol. The summed E-state index contributed by atoms with van der Waals surface area (Å²) >= 11 is 0. The second-order valence-electron chi connectivity index (χ2n) is 6.88. The van der Waals surface area contributed by atoms with Gasteiger partial charge in [0.05, 0.1) is 11.1 Å². The third-order valence-corrected chi connectivity index (χ3v) is 4.71. The number of carbonyl (C=O) groups is 4. The van der Waals surface area contributed by atoms with Gasteiger partial charge in [0, 0.05) is 31.6 Å². The Morgan fingerprint density at radius 2 is 1.45 bits per heavy atom. The van der Waals surface area contributed by atoms with Gasteiger partial charge in [-0.2, -0.15) is 0 Å². The molecule has 0 atom stereocenters. The molecule has 150 valence electrons. The van der Waals surface area contributed by atoms with Crippen molar-refractivity contribution >= 4 is 23.6 Å². The van der Waals surface area contributed by atoms with Gasteiger partial charge in [0.15, 0.2) is 0 Å². The lowest BCUT2D eigenvalue weighted by atomic mass is 10.1. The number of benzene rings is 2. The third kappa shape index (κ3) is 4.87. The summed E-state index contributed by atoms with van der Waals surface area (Å²) in [6, 6.07) is 13.9. The minimum Gasteiger partial charge on any atom is -0.354 e. The van der Waals surface area contributed by atoms with Crippen LogP contribution in [0.1, 0.15) is 49.5 Å².